The quantitative estimate of drug-likeness (QED) is 0.504. The lowest BCUT2D eigenvalue weighted by Crippen LogP contribution is -2.46. The van der Waals surface area contributed by atoms with E-state index in [1.165, 1.54) is 12.1 Å². The minimum absolute atomic E-state index is 0.0679. The maximum atomic E-state index is 13.7. The molecule has 0 aliphatic carbocycles. The van der Waals surface area contributed by atoms with Crippen LogP contribution in [0.25, 0.3) is 0 Å². The molecule has 0 fully saturated rings. The molecule has 144 valence electrons. The summed E-state index contributed by atoms with van der Waals surface area (Å²) in [5, 5.41) is 0.167. The Balaban J connectivity index is 1.91. The lowest BCUT2D eigenvalue weighted by molar-refractivity contribution is -0.118. The molecule has 5 nitrogen and oxygen atoms in total. The van der Waals surface area contributed by atoms with Gasteiger partial charge in [0.2, 0.25) is 5.96 Å². The van der Waals surface area contributed by atoms with Gasteiger partial charge >= 0.3 is 0 Å². The van der Waals surface area contributed by atoms with Gasteiger partial charge in [-0.1, -0.05) is 11.6 Å². The van der Waals surface area contributed by atoms with Gasteiger partial charge in [0.25, 0.3) is 5.91 Å². The Hall–Kier alpha value is -1.77. The van der Waals surface area contributed by atoms with Gasteiger partial charge in [-0.15, -0.1) is 0 Å². The van der Waals surface area contributed by atoms with Gasteiger partial charge < -0.3 is 9.80 Å². The normalized spacial score (nSPS) is 18.1. The van der Waals surface area contributed by atoms with E-state index in [1.54, 1.807) is 11.9 Å². The molecule has 0 saturated carbocycles. The summed E-state index contributed by atoms with van der Waals surface area (Å²) >= 11 is 13.1. The number of fused-ring (bicyclic) bond motifs is 3. The Morgan fingerprint density at radius 3 is 2.75 bits per heavy atom. The first-order valence-electron chi connectivity index (χ1n) is 8.37. The fourth-order valence-corrected chi connectivity index (χ4v) is 5.47. The number of anilines is 2. The topological polar surface area (TPSA) is 53.0 Å². The van der Waals surface area contributed by atoms with E-state index in [-0.39, 0.29) is 22.5 Å². The van der Waals surface area contributed by atoms with Crippen molar-refractivity contribution in [1.82, 2.24) is 0 Å². The van der Waals surface area contributed by atoms with Gasteiger partial charge in [0, 0.05) is 29.5 Å². The third-order valence-electron chi connectivity index (χ3n) is 4.82. The van der Waals surface area contributed by atoms with E-state index >= 15 is 0 Å². The predicted octanol–water partition coefficient (Wildman–Crippen LogP) is 5.17. The predicted molar refractivity (Wildman–Crippen MR) is 114 cm³/mol. The maximum Gasteiger partial charge on any atom is 0.250 e. The van der Waals surface area contributed by atoms with Crippen molar-refractivity contribution in [2.24, 2.45) is 4.99 Å². The second kappa shape index (κ2) is 6.93. The number of hydrogen-bond acceptors (Lipinski definition) is 4. The SMILES string of the molecule is C[C@H]1CC(=O)N=C2N(C)c3c(cc(Br)c(C(=O)c4cc(F)ccc4Cl)c3Br)N21. The number of guanidine groups is 1. The van der Waals surface area contributed by atoms with Crippen LogP contribution in [0.4, 0.5) is 15.8 Å². The van der Waals surface area contributed by atoms with Crippen molar-refractivity contribution in [1.29, 1.82) is 0 Å². The van der Waals surface area contributed by atoms with Gasteiger partial charge in [0.05, 0.1) is 26.4 Å². The fraction of sp³-hybridized carbons (Fsp3) is 0.211. The van der Waals surface area contributed by atoms with Crippen molar-refractivity contribution in [2.75, 3.05) is 16.8 Å². The van der Waals surface area contributed by atoms with Crippen LogP contribution in [0, 0.1) is 5.82 Å². The van der Waals surface area contributed by atoms with E-state index in [2.05, 4.69) is 36.9 Å². The molecular weight excluding hydrogens is 516 g/mol. The standard InChI is InChI=1S/C19H13Br2ClFN3O2/c1-8-5-14(27)24-19-25(2)17-13(26(8)19)7-11(20)15(16(17)21)18(28)10-6-9(23)3-4-12(10)22/h3-4,6-8H,5H2,1-2H3/t8-/m0/s1. The molecular formula is C19H13Br2ClFN3O2. The first kappa shape index (κ1) is 19.5. The summed E-state index contributed by atoms with van der Waals surface area (Å²) in [7, 11) is 1.78. The van der Waals surface area contributed by atoms with Crippen molar-refractivity contribution in [3.05, 3.63) is 55.2 Å². The molecule has 2 heterocycles. The third-order valence-corrected chi connectivity index (χ3v) is 6.55. The highest BCUT2D eigenvalue weighted by molar-refractivity contribution is 9.11. The zero-order valence-electron chi connectivity index (χ0n) is 14.8. The molecule has 2 aliphatic rings. The molecule has 0 aromatic heterocycles. The van der Waals surface area contributed by atoms with Crippen LogP contribution in [-0.2, 0) is 4.79 Å². The highest BCUT2D eigenvalue weighted by atomic mass is 79.9. The molecule has 1 amide bonds. The Morgan fingerprint density at radius 1 is 1.32 bits per heavy atom. The molecule has 2 aromatic rings. The second-order valence-corrected chi connectivity index (χ2v) is 8.71. The number of aliphatic imine (C=N–C) groups is 1. The Morgan fingerprint density at radius 2 is 2.04 bits per heavy atom. The van der Waals surface area contributed by atoms with Crippen molar-refractivity contribution < 1.29 is 14.0 Å². The summed E-state index contributed by atoms with van der Waals surface area (Å²) < 4.78 is 14.7. The minimum atomic E-state index is -0.544. The summed E-state index contributed by atoms with van der Waals surface area (Å²) in [6, 6.07) is 5.42. The fourth-order valence-electron chi connectivity index (χ4n) is 3.55. The molecule has 2 aromatic carbocycles. The molecule has 0 saturated heterocycles. The van der Waals surface area contributed by atoms with Crippen molar-refractivity contribution >= 4 is 72.5 Å². The number of amides is 1. The van der Waals surface area contributed by atoms with E-state index < -0.39 is 11.6 Å². The molecule has 0 N–H and O–H groups in total. The lowest BCUT2D eigenvalue weighted by Gasteiger charge is -2.30. The molecule has 28 heavy (non-hydrogen) atoms. The summed E-state index contributed by atoms with van der Waals surface area (Å²) in [5.41, 5.74) is 1.92. The van der Waals surface area contributed by atoms with Gasteiger partial charge in [-0.25, -0.2) is 4.39 Å². The van der Waals surface area contributed by atoms with Gasteiger partial charge in [-0.05, 0) is 63.0 Å². The van der Waals surface area contributed by atoms with Crippen LogP contribution in [0.1, 0.15) is 29.3 Å². The van der Waals surface area contributed by atoms with E-state index in [0.29, 0.717) is 32.6 Å². The van der Waals surface area contributed by atoms with Gasteiger partial charge in [-0.2, -0.15) is 4.99 Å². The number of carbonyl (C=O) groups excluding carboxylic acids is 2. The zero-order valence-corrected chi connectivity index (χ0v) is 18.7. The van der Waals surface area contributed by atoms with Crippen LogP contribution in [0.15, 0.2) is 38.2 Å². The molecule has 2 aliphatic heterocycles. The Labute approximate surface area is 182 Å². The average Bonchev–Trinajstić information content (AvgIpc) is 2.89. The minimum Gasteiger partial charge on any atom is -0.312 e. The molecule has 4 rings (SSSR count). The molecule has 0 spiro atoms. The van der Waals surface area contributed by atoms with Crippen LogP contribution in [-0.4, -0.2) is 30.7 Å². The number of benzene rings is 2. The van der Waals surface area contributed by atoms with Crippen LogP contribution >= 0.6 is 43.5 Å². The van der Waals surface area contributed by atoms with Crippen LogP contribution in [0.3, 0.4) is 0 Å². The van der Waals surface area contributed by atoms with Crippen molar-refractivity contribution in [3.8, 4) is 0 Å². The summed E-state index contributed by atoms with van der Waals surface area (Å²) in [6.07, 6.45) is 0.311. The van der Waals surface area contributed by atoms with Crippen LogP contribution in [0.5, 0.6) is 0 Å². The number of halogens is 4. The van der Waals surface area contributed by atoms with E-state index in [4.69, 9.17) is 11.6 Å². The Kier molecular flexibility index (Phi) is 4.84. The monoisotopic (exact) mass is 527 g/mol. The molecule has 1 atom stereocenters. The van der Waals surface area contributed by atoms with Crippen molar-refractivity contribution in [2.45, 2.75) is 19.4 Å². The second-order valence-electron chi connectivity index (χ2n) is 6.66. The van der Waals surface area contributed by atoms with Crippen molar-refractivity contribution in [3.63, 3.8) is 0 Å². The molecule has 0 bridgehead atoms. The van der Waals surface area contributed by atoms with E-state index in [9.17, 15) is 14.0 Å². The first-order chi connectivity index (χ1) is 13.2. The zero-order chi connectivity index (χ0) is 20.3. The Bertz CT molecular complexity index is 1090. The smallest absolute Gasteiger partial charge is 0.250 e. The number of hydrogen-bond donors (Lipinski definition) is 0. The van der Waals surface area contributed by atoms with Gasteiger partial charge in [0.1, 0.15) is 5.82 Å². The molecule has 0 unspecified atom stereocenters. The van der Waals surface area contributed by atoms with Gasteiger partial charge in [0.15, 0.2) is 5.78 Å². The van der Waals surface area contributed by atoms with Crippen LogP contribution in [0.2, 0.25) is 5.02 Å². The summed E-state index contributed by atoms with van der Waals surface area (Å²) in [4.78, 5) is 33.0. The first-order valence-corrected chi connectivity index (χ1v) is 10.3. The number of ketones is 1. The number of nitrogens with zero attached hydrogens (tertiary/aromatic N) is 3. The average molecular weight is 530 g/mol. The number of rotatable bonds is 2. The third kappa shape index (κ3) is 2.89. The molecule has 9 heteroatoms. The van der Waals surface area contributed by atoms with E-state index in [0.717, 1.165) is 11.8 Å². The van der Waals surface area contributed by atoms with E-state index in [1.807, 2.05) is 17.9 Å². The maximum absolute atomic E-state index is 13.7. The molecule has 0 radical (unpaired) electrons. The van der Waals surface area contributed by atoms with Crippen LogP contribution < -0.4 is 9.80 Å². The largest absolute Gasteiger partial charge is 0.312 e. The lowest BCUT2D eigenvalue weighted by atomic mass is 10.0. The summed E-state index contributed by atoms with van der Waals surface area (Å²) in [5.74, 6) is -0.636. The van der Waals surface area contributed by atoms with Gasteiger partial charge in [-0.3, -0.25) is 9.59 Å². The number of carbonyl (C=O) groups is 2. The summed E-state index contributed by atoms with van der Waals surface area (Å²) in [6.45, 7) is 1.95. The highest BCUT2D eigenvalue weighted by Gasteiger charge is 2.41. The highest BCUT2D eigenvalue weighted by Crippen LogP contribution is 2.48.